The summed E-state index contributed by atoms with van der Waals surface area (Å²) in [6.45, 7) is 23.8. The quantitative estimate of drug-likeness (QED) is 0.0206. The number of aromatic hydroxyl groups is 3. The van der Waals surface area contributed by atoms with Crippen LogP contribution in [0.4, 0.5) is 28.4 Å². The van der Waals surface area contributed by atoms with Crippen LogP contribution in [0.25, 0.3) is 0 Å². The molecule has 9 aromatic carbocycles. The molecule has 8 N–H and O–H groups in total. The Balaban J connectivity index is 0.000000226. The second-order valence-electron chi connectivity index (χ2n) is 26.6. The molecule has 0 radical (unpaired) electrons. The Kier molecular flexibility index (Phi) is 28.5. The average molecular weight is 1570 g/mol. The molecule has 4 atom stereocenters. The van der Waals surface area contributed by atoms with Gasteiger partial charge < -0.3 is 51.4 Å². The van der Waals surface area contributed by atoms with E-state index in [9.17, 15) is 69.3 Å². The highest BCUT2D eigenvalue weighted by Gasteiger charge is 2.36. The molecule has 0 aliphatic rings. The summed E-state index contributed by atoms with van der Waals surface area (Å²) < 4.78 is 90.4. The normalized spacial score (nSPS) is 12.5. The summed E-state index contributed by atoms with van der Waals surface area (Å²) in [6, 6.07) is 45.3. The van der Waals surface area contributed by atoms with Crippen LogP contribution >= 0.6 is 23.2 Å². The number of rotatable bonds is 24. The number of halogens is 2. The lowest BCUT2D eigenvalue weighted by atomic mass is 9.87. The maximum absolute atomic E-state index is 13.2. The topological polar surface area (TPSA) is 344 Å². The highest BCUT2D eigenvalue weighted by atomic mass is 35.5. The number of sulfone groups is 3. The summed E-state index contributed by atoms with van der Waals surface area (Å²) in [5.74, 6) is -3.24. The molecule has 0 heterocycles. The van der Waals surface area contributed by atoms with E-state index < -0.39 is 74.8 Å². The predicted octanol–water partition coefficient (Wildman–Crippen LogP) is 16.8. The Morgan fingerprint density at radius 3 is 1.26 bits per heavy atom. The fourth-order valence-corrected chi connectivity index (χ4v) is 15.4. The summed E-state index contributed by atoms with van der Waals surface area (Å²) >= 11 is 12.6. The van der Waals surface area contributed by atoms with Crippen molar-refractivity contribution < 1.29 is 78.8 Å². The molecule has 0 aromatic heterocycles. The van der Waals surface area contributed by atoms with E-state index in [-0.39, 0.29) is 106 Å². The number of carbonyl (C=O) groups is 6. The molecule has 0 aliphatic carbocycles. The van der Waals surface area contributed by atoms with E-state index in [4.69, 9.17) is 32.7 Å². The Morgan fingerprint density at radius 2 is 0.843 bits per heavy atom. The third-order valence-corrected chi connectivity index (χ3v) is 24.5. The summed E-state index contributed by atoms with van der Waals surface area (Å²) in [6.07, 6.45) is 1.40. The third-order valence-electron chi connectivity index (χ3n) is 17.4. The van der Waals surface area contributed by atoms with Crippen molar-refractivity contribution in [3.63, 3.8) is 0 Å². The van der Waals surface area contributed by atoms with E-state index in [1.165, 1.54) is 67.6 Å². The van der Waals surface area contributed by atoms with E-state index in [1.807, 2.05) is 62.3 Å². The van der Waals surface area contributed by atoms with E-state index >= 15 is 0 Å². The summed E-state index contributed by atoms with van der Waals surface area (Å²) in [7, 11) is -11.9. The van der Waals surface area contributed by atoms with E-state index in [1.54, 1.807) is 124 Å². The fourth-order valence-electron chi connectivity index (χ4n) is 10.4. The van der Waals surface area contributed by atoms with Gasteiger partial charge in [-0.05, 0) is 193 Å². The number of amides is 5. The minimum absolute atomic E-state index is 0.0136. The molecule has 0 saturated carbocycles. The first-order valence-corrected chi connectivity index (χ1v) is 39.6. The van der Waals surface area contributed by atoms with Crippen molar-refractivity contribution in [2.75, 3.05) is 26.6 Å². The van der Waals surface area contributed by atoms with Crippen molar-refractivity contribution in [1.29, 1.82) is 0 Å². The first-order valence-electron chi connectivity index (χ1n) is 34.2. The molecule has 9 aromatic rings. The number of aldehydes is 1. The molecule has 0 saturated heterocycles. The molecule has 27 heteroatoms. The van der Waals surface area contributed by atoms with Gasteiger partial charge in [-0.25, -0.2) is 25.3 Å². The molecule has 0 spiro atoms. The number of phenolic OH excluding ortho intramolecular Hbond substituents is 3. The van der Waals surface area contributed by atoms with Crippen LogP contribution in [0.5, 0.6) is 34.5 Å². The summed E-state index contributed by atoms with van der Waals surface area (Å²) in [4.78, 5) is 75.4. The lowest BCUT2D eigenvalue weighted by Crippen LogP contribution is -2.34. The third kappa shape index (κ3) is 21.6. The first kappa shape index (κ1) is 84.7. The Labute approximate surface area is 640 Å². The van der Waals surface area contributed by atoms with Crippen LogP contribution in [0.3, 0.4) is 0 Å². The van der Waals surface area contributed by atoms with Crippen molar-refractivity contribution in [1.82, 2.24) is 0 Å². The van der Waals surface area contributed by atoms with Gasteiger partial charge in [0.1, 0.15) is 44.5 Å². The van der Waals surface area contributed by atoms with Gasteiger partial charge in [-0.1, -0.05) is 136 Å². The molecule has 4 unspecified atom stereocenters. The lowest BCUT2D eigenvalue weighted by molar-refractivity contribution is -0.116. The van der Waals surface area contributed by atoms with Crippen LogP contribution < -0.4 is 36.1 Å². The molecule has 5 amide bonds. The maximum atomic E-state index is 13.2. The molecular formula is C81H87Cl2N5O17S3. The monoisotopic (exact) mass is 1570 g/mol. The second-order valence-corrected chi connectivity index (χ2v) is 34.0. The van der Waals surface area contributed by atoms with Gasteiger partial charge in [0.2, 0.25) is 17.7 Å². The van der Waals surface area contributed by atoms with Gasteiger partial charge in [-0.3, -0.25) is 28.8 Å². The standard InChI is InChI=1S/C28H31ClN2O5S.C28H31NO7S.C25H25ClN2O5S/c1-6-25(37(35,36)20-13-11-19(12-14-20)28(3,4)5)27(34)30-22-16-24(32)23(15-21(22)29)31-26(33)18-9-7-17(2)8-10-18;1-5-19(4)35-21-9-11-22(12-10-21)36-26-15-20(17-30)25(31)16-24(26)29-28(32)27(6-2)37(33,34)23-13-7-18(3)8-14-23;1-14-5-8-18(9-6-14)25(31)28-22-12-20(26)21(13-23(22)29)27-24(30)17(4)34(32,33)19-10-7-15(2)16(3)11-19/h7-16,25,32H,6H2,1-5H3,(H,30,34)(H,31,33);7-17,19,27,31H,5-6H2,1-4H3,(H,29,32);5-13,17,29H,1-4H3,(H,27,30)(H,28,31). The van der Waals surface area contributed by atoms with Crippen molar-refractivity contribution in [2.24, 2.45) is 0 Å². The minimum Gasteiger partial charge on any atom is -0.507 e. The van der Waals surface area contributed by atoms with Crippen LogP contribution in [-0.4, -0.2) is 98.2 Å². The van der Waals surface area contributed by atoms with Crippen molar-refractivity contribution in [3.8, 4) is 34.5 Å². The zero-order chi connectivity index (χ0) is 79.9. The summed E-state index contributed by atoms with van der Waals surface area (Å²) in [5, 5.41) is 39.6. The molecule has 570 valence electrons. The highest BCUT2D eigenvalue weighted by Crippen LogP contribution is 2.39. The number of hydrogen-bond acceptors (Lipinski definition) is 17. The van der Waals surface area contributed by atoms with Crippen LogP contribution in [0.15, 0.2) is 191 Å². The van der Waals surface area contributed by atoms with Gasteiger partial charge in [0.15, 0.2) is 41.5 Å². The number of anilines is 5. The smallest absolute Gasteiger partial charge is 0.255 e. The molecule has 22 nitrogen and oxygen atoms in total. The number of aryl methyl sites for hydroxylation is 5. The molecule has 0 aliphatic heterocycles. The van der Waals surface area contributed by atoms with E-state index in [0.29, 0.717) is 28.9 Å². The van der Waals surface area contributed by atoms with Gasteiger partial charge in [-0.15, -0.1) is 0 Å². The van der Waals surface area contributed by atoms with Crippen LogP contribution in [0.2, 0.25) is 10.0 Å². The number of benzene rings is 9. The molecule has 108 heavy (non-hydrogen) atoms. The van der Waals surface area contributed by atoms with Gasteiger partial charge in [0.05, 0.1) is 64.8 Å². The molecule has 0 fully saturated rings. The van der Waals surface area contributed by atoms with E-state index in [2.05, 4.69) is 26.6 Å². The highest BCUT2D eigenvalue weighted by molar-refractivity contribution is 7.93. The average Bonchev–Trinajstić information content (AvgIpc) is 0.803. The summed E-state index contributed by atoms with van der Waals surface area (Å²) in [5.41, 5.74) is 6.33. The maximum Gasteiger partial charge on any atom is 0.255 e. The van der Waals surface area contributed by atoms with Crippen LogP contribution in [0.1, 0.15) is 139 Å². The number of hydrogen-bond donors (Lipinski definition) is 8. The molecular weight excluding hydrogens is 1480 g/mol. The fraction of sp³-hybridized carbons (Fsp3) is 0.259. The van der Waals surface area contributed by atoms with Gasteiger partial charge in [0, 0.05) is 29.3 Å². The van der Waals surface area contributed by atoms with Crippen LogP contribution in [0, 0.1) is 34.6 Å². The lowest BCUT2D eigenvalue weighted by Gasteiger charge is -2.20. The number of phenols is 3. The Hall–Kier alpha value is -10.6. The number of carbonyl (C=O) groups excluding carboxylic acids is 6. The second kappa shape index (κ2) is 36.4. The van der Waals surface area contributed by atoms with Gasteiger partial charge in [0.25, 0.3) is 11.8 Å². The Bertz CT molecular complexity index is 5150. The van der Waals surface area contributed by atoms with Crippen molar-refractivity contribution >= 4 is 117 Å². The van der Waals surface area contributed by atoms with Gasteiger partial charge in [-0.2, -0.15) is 0 Å². The van der Waals surface area contributed by atoms with Crippen molar-refractivity contribution in [2.45, 2.75) is 151 Å². The largest absolute Gasteiger partial charge is 0.507 e. The van der Waals surface area contributed by atoms with Crippen molar-refractivity contribution in [3.05, 3.63) is 236 Å². The van der Waals surface area contributed by atoms with Gasteiger partial charge >= 0.3 is 0 Å². The van der Waals surface area contributed by atoms with E-state index in [0.717, 1.165) is 51.9 Å². The number of ether oxygens (including phenoxy) is 2. The minimum atomic E-state index is -3.99. The first-order chi connectivity index (χ1) is 50.7. The van der Waals surface area contributed by atoms with Crippen LogP contribution in [-0.2, 0) is 49.3 Å². The zero-order valence-corrected chi connectivity index (χ0v) is 65.8. The molecule has 9 rings (SSSR count). The Morgan fingerprint density at radius 1 is 0.444 bits per heavy atom. The zero-order valence-electron chi connectivity index (χ0n) is 61.8. The number of nitrogens with one attached hydrogen (secondary N) is 5. The molecule has 0 bridgehead atoms. The SMILES string of the molecule is CCC(C(=O)Nc1cc(O)c(NC(=O)c2ccc(C)cc2)cc1Cl)S(=O)(=O)c1ccc(C(C)(C)C)cc1.CCC(C)Oc1ccc(Oc2cc(C=O)c(O)cc2NC(=O)C(CC)S(=O)(=O)c2ccc(C)cc2)cc1.Cc1ccc(C(=O)Nc2cc(Cl)c(NC(=O)C(C)S(=O)(=O)c3ccc(C)c(C)c3)cc2O)cc1. The predicted molar refractivity (Wildman–Crippen MR) is 422 cm³/mol.